The van der Waals surface area contributed by atoms with E-state index in [9.17, 15) is 0 Å². The Morgan fingerprint density at radius 2 is 2.29 bits per heavy atom. The molecule has 0 spiro atoms. The van der Waals surface area contributed by atoms with Crippen LogP contribution in [0.2, 0.25) is 0 Å². The van der Waals surface area contributed by atoms with Crippen molar-refractivity contribution in [2.24, 2.45) is 17.8 Å². The van der Waals surface area contributed by atoms with E-state index in [2.05, 4.69) is 5.32 Å². The molecule has 3 fully saturated rings. The first-order valence-corrected chi connectivity index (χ1v) is 3.20. The third-order valence-corrected chi connectivity index (χ3v) is 3.00. The van der Waals surface area contributed by atoms with E-state index in [-0.39, 0.29) is 0 Å². The number of hydrogen-bond donors (Lipinski definition) is 1. The maximum Gasteiger partial charge on any atom is 0.0104 e. The summed E-state index contributed by atoms with van der Waals surface area (Å²) >= 11 is 0. The van der Waals surface area contributed by atoms with E-state index < -0.39 is 0 Å². The van der Waals surface area contributed by atoms with Crippen molar-refractivity contribution in [3.63, 3.8) is 0 Å². The highest BCUT2D eigenvalue weighted by atomic mass is 15.1. The number of fused-ring (bicyclic) bond motifs is 1. The van der Waals surface area contributed by atoms with Crippen LogP contribution >= 0.6 is 0 Å². The van der Waals surface area contributed by atoms with Gasteiger partial charge in [0.15, 0.2) is 0 Å². The molecule has 2 saturated carbocycles. The largest absolute Gasteiger partial charge is 0.313 e. The molecule has 0 aromatic heterocycles. The summed E-state index contributed by atoms with van der Waals surface area (Å²) in [5, 5.41) is 3.48. The lowest BCUT2D eigenvalue weighted by Crippen LogP contribution is -2.37. The Bertz CT molecular complexity index is 108. The fourth-order valence-corrected chi connectivity index (χ4v) is 2.45. The van der Waals surface area contributed by atoms with Gasteiger partial charge in [0.2, 0.25) is 0 Å². The number of nitrogens with one attached hydrogen (secondary N) is 1. The summed E-state index contributed by atoms with van der Waals surface area (Å²) in [4.78, 5) is 0. The van der Waals surface area contributed by atoms with Gasteiger partial charge in [0.05, 0.1) is 0 Å². The molecule has 2 aliphatic carbocycles. The molecule has 4 atom stereocenters. The second-order valence-corrected chi connectivity index (χ2v) is 3.16. The van der Waals surface area contributed by atoms with E-state index in [4.69, 9.17) is 0 Å². The normalized spacial score (nSPS) is 72.0. The van der Waals surface area contributed by atoms with Gasteiger partial charge >= 0.3 is 0 Å². The number of hydrogen-bond acceptors (Lipinski definition) is 1. The SMILES string of the molecule is C1NC2CC3C1C23. The van der Waals surface area contributed by atoms with Gasteiger partial charge in [-0.15, -0.1) is 0 Å². The molecule has 1 nitrogen and oxygen atoms in total. The standard InChI is InChI=1S/C6H9N/c1-3-4-2-7-5(1)6(3)4/h3-7H,1-2H2. The van der Waals surface area contributed by atoms with Gasteiger partial charge in [-0.25, -0.2) is 0 Å². The number of rotatable bonds is 0. The van der Waals surface area contributed by atoms with Crippen molar-refractivity contribution in [2.75, 3.05) is 6.54 Å². The molecule has 0 amide bonds. The molecule has 1 aliphatic heterocycles. The maximum atomic E-state index is 3.48. The monoisotopic (exact) mass is 95.1 g/mol. The van der Waals surface area contributed by atoms with Gasteiger partial charge in [0, 0.05) is 6.04 Å². The van der Waals surface area contributed by atoms with Crippen LogP contribution in [0.15, 0.2) is 0 Å². The third kappa shape index (κ3) is 0.177. The van der Waals surface area contributed by atoms with E-state index in [0.29, 0.717) is 0 Å². The van der Waals surface area contributed by atoms with Gasteiger partial charge in [-0.05, 0) is 30.7 Å². The first-order valence-electron chi connectivity index (χ1n) is 3.20. The third-order valence-electron chi connectivity index (χ3n) is 3.00. The lowest BCUT2D eigenvalue weighted by atomic mass is 9.93. The molecule has 3 rings (SSSR count). The minimum Gasteiger partial charge on any atom is -0.313 e. The van der Waals surface area contributed by atoms with E-state index in [1.807, 2.05) is 0 Å². The molecule has 1 N–H and O–H groups in total. The summed E-state index contributed by atoms with van der Waals surface area (Å²) in [5.74, 6) is 3.51. The molecule has 1 saturated heterocycles. The highest BCUT2D eigenvalue weighted by Gasteiger charge is 2.66. The summed E-state index contributed by atoms with van der Waals surface area (Å²) in [6, 6.07) is 0.981. The molecule has 0 radical (unpaired) electrons. The Balaban J connectivity index is 2.07. The van der Waals surface area contributed by atoms with Gasteiger partial charge in [-0.3, -0.25) is 0 Å². The quantitative estimate of drug-likeness (QED) is 0.454. The van der Waals surface area contributed by atoms with Gasteiger partial charge in [-0.2, -0.15) is 0 Å². The Kier molecular flexibility index (Phi) is 0.288. The predicted octanol–water partition coefficient (Wildman–Crippen LogP) is 0.224. The van der Waals surface area contributed by atoms with E-state index in [0.717, 1.165) is 12.0 Å². The summed E-state index contributed by atoms with van der Waals surface area (Å²) < 4.78 is 0. The molecule has 1 heteroatoms. The zero-order valence-corrected chi connectivity index (χ0v) is 4.22. The van der Waals surface area contributed by atoms with Crippen LogP contribution in [0.3, 0.4) is 0 Å². The van der Waals surface area contributed by atoms with Gasteiger partial charge < -0.3 is 5.32 Å². The van der Waals surface area contributed by atoms with Gasteiger partial charge in [0.1, 0.15) is 0 Å². The van der Waals surface area contributed by atoms with E-state index in [1.165, 1.54) is 24.8 Å². The van der Waals surface area contributed by atoms with Crippen molar-refractivity contribution >= 4 is 0 Å². The number of piperidine rings is 2. The van der Waals surface area contributed by atoms with Crippen LogP contribution in [0.5, 0.6) is 0 Å². The van der Waals surface area contributed by atoms with Crippen molar-refractivity contribution in [3.8, 4) is 0 Å². The minimum absolute atomic E-state index is 0.981. The smallest absolute Gasteiger partial charge is 0.0104 e. The lowest BCUT2D eigenvalue weighted by molar-refractivity contribution is 0.320. The molecule has 0 bridgehead atoms. The molecule has 3 aliphatic rings. The Morgan fingerprint density at radius 3 is 2.43 bits per heavy atom. The highest BCUT2D eigenvalue weighted by molar-refractivity contribution is 5.19. The zero-order chi connectivity index (χ0) is 4.43. The van der Waals surface area contributed by atoms with Crippen molar-refractivity contribution in [1.82, 2.24) is 5.32 Å². The average molecular weight is 95.1 g/mol. The van der Waals surface area contributed by atoms with Crippen LogP contribution < -0.4 is 5.32 Å². The van der Waals surface area contributed by atoms with Crippen molar-refractivity contribution in [1.29, 1.82) is 0 Å². The Labute approximate surface area is 43.1 Å². The van der Waals surface area contributed by atoms with Crippen LogP contribution in [0, 0.1) is 17.8 Å². The average Bonchev–Trinajstić information content (AvgIpc) is 2.02. The highest BCUT2D eigenvalue weighted by Crippen LogP contribution is 2.64. The zero-order valence-electron chi connectivity index (χ0n) is 4.22. The molecule has 0 aromatic rings. The van der Waals surface area contributed by atoms with Gasteiger partial charge in [0.25, 0.3) is 0 Å². The van der Waals surface area contributed by atoms with E-state index in [1.54, 1.807) is 0 Å². The van der Waals surface area contributed by atoms with Crippen LogP contribution in [-0.4, -0.2) is 12.6 Å². The summed E-state index contributed by atoms with van der Waals surface area (Å²) in [6.07, 6.45) is 1.51. The second kappa shape index (κ2) is 0.655. The Hall–Kier alpha value is -0.0400. The van der Waals surface area contributed by atoms with Gasteiger partial charge in [-0.1, -0.05) is 0 Å². The molecule has 1 heterocycles. The van der Waals surface area contributed by atoms with E-state index >= 15 is 0 Å². The van der Waals surface area contributed by atoms with Crippen LogP contribution in [0.1, 0.15) is 6.42 Å². The lowest BCUT2D eigenvalue weighted by Gasteiger charge is -2.24. The molecular weight excluding hydrogens is 86.1 g/mol. The topological polar surface area (TPSA) is 12.0 Å². The molecule has 0 aromatic carbocycles. The molecular formula is C6H9N. The first-order chi connectivity index (χ1) is 3.47. The predicted molar refractivity (Wildman–Crippen MR) is 26.9 cm³/mol. The van der Waals surface area contributed by atoms with Crippen molar-refractivity contribution in [2.45, 2.75) is 12.5 Å². The molecule has 7 heavy (non-hydrogen) atoms. The maximum absolute atomic E-state index is 3.48. The van der Waals surface area contributed by atoms with Crippen molar-refractivity contribution in [3.05, 3.63) is 0 Å². The fraction of sp³-hybridized carbons (Fsp3) is 1.00. The minimum atomic E-state index is 0.981. The van der Waals surface area contributed by atoms with Crippen molar-refractivity contribution < 1.29 is 0 Å². The first kappa shape index (κ1) is 3.08. The Morgan fingerprint density at radius 1 is 1.29 bits per heavy atom. The summed E-state index contributed by atoms with van der Waals surface area (Å²) in [6.45, 7) is 1.35. The second-order valence-electron chi connectivity index (χ2n) is 3.16. The molecule has 4 unspecified atom stereocenters. The fourth-order valence-electron chi connectivity index (χ4n) is 2.45. The van der Waals surface area contributed by atoms with Crippen LogP contribution in [-0.2, 0) is 0 Å². The molecule has 38 valence electrons. The summed E-state index contributed by atoms with van der Waals surface area (Å²) in [7, 11) is 0. The van der Waals surface area contributed by atoms with Crippen LogP contribution in [0.4, 0.5) is 0 Å². The van der Waals surface area contributed by atoms with Crippen LogP contribution in [0.25, 0.3) is 0 Å². The summed E-state index contributed by atoms with van der Waals surface area (Å²) in [5.41, 5.74) is 0.